The maximum Gasteiger partial charge on any atom is 0.333 e. The van der Waals surface area contributed by atoms with Gasteiger partial charge in [0.05, 0.1) is 6.61 Å². The van der Waals surface area contributed by atoms with E-state index in [1.54, 1.807) is 0 Å². The molecule has 0 bridgehead atoms. The summed E-state index contributed by atoms with van der Waals surface area (Å²) in [6.07, 6.45) is 0. The van der Waals surface area contributed by atoms with Crippen LogP contribution in [0.1, 0.15) is 6.92 Å². The Hall–Kier alpha value is 0.330. The number of halogens is 4. The third kappa shape index (κ3) is 7.25. The number of esters is 1. The molecule has 0 amide bonds. The van der Waals surface area contributed by atoms with E-state index in [1.165, 1.54) is 6.92 Å². The zero-order chi connectivity index (χ0) is 12.1. The zero-order valence-corrected chi connectivity index (χ0v) is 11.0. The van der Waals surface area contributed by atoms with E-state index in [9.17, 15) is 4.79 Å². The first-order valence-corrected chi connectivity index (χ1v) is 5.47. The lowest BCUT2D eigenvalue weighted by Crippen LogP contribution is -2.25. The van der Waals surface area contributed by atoms with Gasteiger partial charge in [-0.25, -0.2) is 4.79 Å². The van der Waals surface area contributed by atoms with Crippen LogP contribution in [0.5, 0.6) is 0 Å². The molecule has 0 saturated heterocycles. The molecule has 0 aromatic rings. The zero-order valence-electron chi connectivity index (χ0n) is 7.94. The van der Waals surface area contributed by atoms with E-state index in [-0.39, 0.29) is 13.2 Å². The van der Waals surface area contributed by atoms with Gasteiger partial charge >= 0.3 is 5.97 Å². The average molecular weight is 296 g/mol. The number of hydrogen-bond donors (Lipinski definition) is 0. The van der Waals surface area contributed by atoms with Crippen molar-refractivity contribution in [1.82, 2.24) is 0 Å². The minimum atomic E-state index is -1.71. The van der Waals surface area contributed by atoms with Gasteiger partial charge in [-0.2, -0.15) is 0 Å². The molecule has 15 heavy (non-hydrogen) atoms. The SMILES string of the molecule is C=C(C)C(=O)OCCOC(Cl)C(Cl)(Cl)Cl. The van der Waals surface area contributed by atoms with Gasteiger partial charge in [-0.3, -0.25) is 0 Å². The van der Waals surface area contributed by atoms with Gasteiger partial charge in [0, 0.05) is 5.57 Å². The fourth-order valence-corrected chi connectivity index (χ4v) is 0.782. The molecule has 1 atom stereocenters. The van der Waals surface area contributed by atoms with Crippen molar-refractivity contribution in [2.24, 2.45) is 0 Å². The Labute approximate surface area is 108 Å². The van der Waals surface area contributed by atoms with Crippen LogP contribution in [0.25, 0.3) is 0 Å². The molecule has 0 spiro atoms. The molecule has 1 unspecified atom stereocenters. The predicted molar refractivity (Wildman–Crippen MR) is 61.7 cm³/mol. The Bertz CT molecular complexity index is 237. The fourth-order valence-electron chi connectivity index (χ4n) is 0.504. The molecule has 0 N–H and O–H groups in total. The molecule has 0 heterocycles. The van der Waals surface area contributed by atoms with Crippen LogP contribution >= 0.6 is 46.4 Å². The highest BCUT2D eigenvalue weighted by molar-refractivity contribution is 6.70. The van der Waals surface area contributed by atoms with Crippen molar-refractivity contribution in [3.8, 4) is 0 Å². The highest BCUT2D eigenvalue weighted by atomic mass is 35.6. The number of rotatable bonds is 5. The van der Waals surface area contributed by atoms with Crippen LogP contribution in [0.3, 0.4) is 0 Å². The minimum absolute atomic E-state index is 0.0235. The first kappa shape index (κ1) is 15.3. The van der Waals surface area contributed by atoms with Crippen molar-refractivity contribution in [3.05, 3.63) is 12.2 Å². The minimum Gasteiger partial charge on any atom is -0.460 e. The van der Waals surface area contributed by atoms with Crippen molar-refractivity contribution in [2.75, 3.05) is 13.2 Å². The standard InChI is InChI=1S/C8H10Cl4O3/c1-5(2)6(13)14-3-4-15-7(9)8(10,11)12/h7H,1,3-4H2,2H3. The maximum atomic E-state index is 10.9. The van der Waals surface area contributed by atoms with E-state index < -0.39 is 15.3 Å². The summed E-state index contributed by atoms with van der Waals surface area (Å²) < 4.78 is 7.91. The van der Waals surface area contributed by atoms with Gasteiger partial charge in [-0.05, 0) is 6.92 Å². The molecule has 0 saturated carbocycles. The van der Waals surface area contributed by atoms with E-state index in [0.717, 1.165) is 0 Å². The van der Waals surface area contributed by atoms with Crippen LogP contribution in [-0.2, 0) is 14.3 Å². The summed E-state index contributed by atoms with van der Waals surface area (Å²) in [6, 6.07) is 0. The molecule has 0 aromatic carbocycles. The van der Waals surface area contributed by atoms with E-state index in [1.807, 2.05) is 0 Å². The highest BCUT2D eigenvalue weighted by Crippen LogP contribution is 2.34. The third-order valence-corrected chi connectivity index (χ3v) is 2.57. The fraction of sp³-hybridized carbons (Fsp3) is 0.625. The van der Waals surface area contributed by atoms with Crippen LogP contribution in [0.2, 0.25) is 0 Å². The van der Waals surface area contributed by atoms with Crippen molar-refractivity contribution < 1.29 is 14.3 Å². The Balaban J connectivity index is 3.64. The van der Waals surface area contributed by atoms with E-state index in [4.69, 9.17) is 55.9 Å². The number of carbonyl (C=O) groups excluding carboxylic acids is 1. The van der Waals surface area contributed by atoms with Gasteiger partial charge in [-0.1, -0.05) is 53.0 Å². The van der Waals surface area contributed by atoms with Gasteiger partial charge in [-0.15, -0.1) is 0 Å². The molecule has 0 rings (SSSR count). The van der Waals surface area contributed by atoms with Gasteiger partial charge in [0.25, 0.3) is 0 Å². The highest BCUT2D eigenvalue weighted by Gasteiger charge is 2.31. The van der Waals surface area contributed by atoms with Gasteiger partial charge in [0.2, 0.25) is 3.79 Å². The molecule has 0 aliphatic heterocycles. The largest absolute Gasteiger partial charge is 0.460 e. The van der Waals surface area contributed by atoms with Crippen molar-refractivity contribution in [1.29, 1.82) is 0 Å². The molecule has 7 heteroatoms. The number of ether oxygens (including phenoxy) is 2. The molecule has 0 radical (unpaired) electrons. The van der Waals surface area contributed by atoms with Gasteiger partial charge in [0.1, 0.15) is 6.61 Å². The van der Waals surface area contributed by atoms with Crippen LogP contribution < -0.4 is 0 Å². The summed E-state index contributed by atoms with van der Waals surface area (Å²) in [4.78, 5) is 10.9. The molecule has 0 aromatic heterocycles. The summed E-state index contributed by atoms with van der Waals surface area (Å²) in [5.74, 6) is -0.501. The van der Waals surface area contributed by atoms with E-state index in [0.29, 0.717) is 5.57 Å². The van der Waals surface area contributed by atoms with E-state index in [2.05, 4.69) is 6.58 Å². The number of hydrogen-bond acceptors (Lipinski definition) is 3. The molecule has 0 aliphatic rings. The summed E-state index contributed by atoms with van der Waals surface area (Å²) in [6.45, 7) is 5.01. The monoisotopic (exact) mass is 294 g/mol. The van der Waals surface area contributed by atoms with Crippen LogP contribution in [0, 0.1) is 0 Å². The van der Waals surface area contributed by atoms with Crippen molar-refractivity contribution in [2.45, 2.75) is 16.3 Å². The van der Waals surface area contributed by atoms with Crippen LogP contribution in [0.4, 0.5) is 0 Å². The Morgan fingerprint density at radius 3 is 2.33 bits per heavy atom. The summed E-state index contributed by atoms with van der Waals surface area (Å²) in [5, 5.41) is 0. The summed E-state index contributed by atoms with van der Waals surface area (Å²) in [7, 11) is 0. The smallest absolute Gasteiger partial charge is 0.333 e. The lowest BCUT2D eigenvalue weighted by Gasteiger charge is -2.18. The first-order chi connectivity index (χ1) is 6.75. The topological polar surface area (TPSA) is 35.5 Å². The van der Waals surface area contributed by atoms with Gasteiger partial charge in [0.15, 0.2) is 5.56 Å². The molecule has 88 valence electrons. The average Bonchev–Trinajstić information content (AvgIpc) is 2.09. The Morgan fingerprint density at radius 2 is 1.93 bits per heavy atom. The lowest BCUT2D eigenvalue weighted by atomic mass is 10.4. The molecular formula is C8H10Cl4O3. The first-order valence-electron chi connectivity index (χ1n) is 3.90. The van der Waals surface area contributed by atoms with Crippen molar-refractivity contribution in [3.63, 3.8) is 0 Å². The Kier molecular flexibility index (Phi) is 6.96. The number of alkyl halides is 4. The summed E-state index contributed by atoms with van der Waals surface area (Å²) in [5.41, 5.74) is -0.787. The maximum absolute atomic E-state index is 10.9. The molecule has 0 fully saturated rings. The lowest BCUT2D eigenvalue weighted by molar-refractivity contribution is -0.140. The van der Waals surface area contributed by atoms with Gasteiger partial charge < -0.3 is 9.47 Å². The predicted octanol–water partition coefficient (Wildman–Crippen LogP) is 3.06. The quantitative estimate of drug-likeness (QED) is 0.338. The van der Waals surface area contributed by atoms with E-state index >= 15 is 0 Å². The second kappa shape index (κ2) is 6.81. The number of carbonyl (C=O) groups is 1. The molecular weight excluding hydrogens is 286 g/mol. The second-order valence-electron chi connectivity index (χ2n) is 2.64. The second-order valence-corrected chi connectivity index (χ2v) is 5.41. The van der Waals surface area contributed by atoms with Crippen LogP contribution in [0.15, 0.2) is 12.2 Å². The Morgan fingerprint density at radius 1 is 1.40 bits per heavy atom. The third-order valence-electron chi connectivity index (χ3n) is 1.19. The van der Waals surface area contributed by atoms with Crippen molar-refractivity contribution >= 4 is 52.4 Å². The van der Waals surface area contributed by atoms with Crippen LogP contribution in [-0.4, -0.2) is 28.5 Å². The molecule has 0 aliphatic carbocycles. The molecule has 3 nitrogen and oxygen atoms in total. The normalized spacial score (nSPS) is 13.4. The summed E-state index contributed by atoms with van der Waals surface area (Å²) >= 11 is 21.8.